The molecule has 3 atom stereocenters. The standard InChI is InChI=1S/C23H19F4N5O/c24-16-4-1-3-15(21-28-7-2-8-29-21)20(16)22(33)32-12-13-9-17(18(32)10-13)31-19-6-5-14(11-30-19)23(25,26)27/h1-8,11,13,17-18H,9-10,12H2,(H,30,31). The first-order valence-electron chi connectivity index (χ1n) is 10.5. The van der Waals surface area contributed by atoms with E-state index in [1.807, 2.05) is 0 Å². The molecule has 1 amide bonds. The molecule has 3 unspecified atom stereocenters. The first kappa shape index (κ1) is 21.3. The molecule has 33 heavy (non-hydrogen) atoms. The zero-order chi connectivity index (χ0) is 23.2. The van der Waals surface area contributed by atoms with E-state index >= 15 is 0 Å². The molecule has 2 aliphatic rings. The Morgan fingerprint density at radius 1 is 1.03 bits per heavy atom. The minimum Gasteiger partial charge on any atom is -0.365 e. The summed E-state index contributed by atoms with van der Waals surface area (Å²) in [6, 6.07) is 7.82. The number of hydrogen-bond donors (Lipinski definition) is 1. The number of nitrogens with one attached hydrogen (secondary N) is 1. The Kier molecular flexibility index (Phi) is 5.22. The summed E-state index contributed by atoms with van der Waals surface area (Å²) in [5.41, 5.74) is -0.590. The van der Waals surface area contributed by atoms with Crippen LogP contribution in [0.25, 0.3) is 11.4 Å². The average molecular weight is 457 g/mol. The fourth-order valence-electron chi connectivity index (χ4n) is 4.76. The Labute approximate surface area is 186 Å². The minimum atomic E-state index is -4.46. The number of halogens is 4. The van der Waals surface area contributed by atoms with Gasteiger partial charge in [0.2, 0.25) is 0 Å². The van der Waals surface area contributed by atoms with Gasteiger partial charge in [0.1, 0.15) is 11.6 Å². The van der Waals surface area contributed by atoms with E-state index in [0.29, 0.717) is 17.9 Å². The van der Waals surface area contributed by atoms with Crippen molar-refractivity contribution in [2.24, 2.45) is 5.92 Å². The first-order chi connectivity index (χ1) is 15.8. The number of nitrogens with zero attached hydrogens (tertiary/aromatic N) is 4. The normalized spacial score (nSPS) is 21.9. The summed E-state index contributed by atoms with van der Waals surface area (Å²) >= 11 is 0. The van der Waals surface area contributed by atoms with Gasteiger partial charge in [0, 0.05) is 36.7 Å². The van der Waals surface area contributed by atoms with Gasteiger partial charge in [-0.3, -0.25) is 4.79 Å². The number of likely N-dealkylation sites (tertiary alicyclic amines) is 1. The van der Waals surface area contributed by atoms with E-state index in [1.165, 1.54) is 30.6 Å². The van der Waals surface area contributed by atoms with Crippen molar-refractivity contribution in [2.45, 2.75) is 31.1 Å². The highest BCUT2D eigenvalue weighted by molar-refractivity contribution is 6.00. The SMILES string of the molecule is O=C(c1c(F)cccc1-c1ncccn1)N1CC2CC(Nc3ccc(C(F)(F)F)cn3)C1C2. The van der Waals surface area contributed by atoms with Crippen LogP contribution in [0.2, 0.25) is 0 Å². The van der Waals surface area contributed by atoms with Crippen molar-refractivity contribution in [3.05, 3.63) is 71.9 Å². The van der Waals surface area contributed by atoms with Gasteiger partial charge in [0.25, 0.3) is 5.91 Å². The lowest BCUT2D eigenvalue weighted by Crippen LogP contribution is -2.48. The molecule has 3 heterocycles. The summed E-state index contributed by atoms with van der Waals surface area (Å²) < 4.78 is 53.2. The largest absolute Gasteiger partial charge is 0.417 e. The molecule has 1 aliphatic carbocycles. The lowest BCUT2D eigenvalue weighted by atomic mass is 10.0. The van der Waals surface area contributed by atoms with Crippen LogP contribution in [0.3, 0.4) is 0 Å². The van der Waals surface area contributed by atoms with Crippen LogP contribution in [-0.2, 0) is 6.18 Å². The molecule has 2 fully saturated rings. The molecule has 5 rings (SSSR count). The predicted molar refractivity (Wildman–Crippen MR) is 112 cm³/mol. The Balaban J connectivity index is 1.38. The zero-order valence-electron chi connectivity index (χ0n) is 17.3. The maximum absolute atomic E-state index is 14.8. The number of rotatable bonds is 4. The van der Waals surface area contributed by atoms with E-state index in [4.69, 9.17) is 0 Å². The molecular weight excluding hydrogens is 438 g/mol. The van der Waals surface area contributed by atoms with Gasteiger partial charge in [0.05, 0.1) is 17.2 Å². The fraction of sp³-hybridized carbons (Fsp3) is 0.304. The van der Waals surface area contributed by atoms with Crippen molar-refractivity contribution in [3.63, 3.8) is 0 Å². The smallest absolute Gasteiger partial charge is 0.365 e. The zero-order valence-corrected chi connectivity index (χ0v) is 17.3. The molecule has 2 aromatic heterocycles. The summed E-state index contributed by atoms with van der Waals surface area (Å²) in [5, 5.41) is 3.16. The molecular formula is C23H19F4N5O. The van der Waals surface area contributed by atoms with Crippen molar-refractivity contribution >= 4 is 11.7 Å². The molecule has 1 aliphatic heterocycles. The van der Waals surface area contributed by atoms with Gasteiger partial charge in [-0.05, 0) is 43.0 Å². The Morgan fingerprint density at radius 3 is 2.48 bits per heavy atom. The van der Waals surface area contributed by atoms with Gasteiger partial charge >= 0.3 is 6.18 Å². The maximum atomic E-state index is 14.8. The number of hydrogen-bond acceptors (Lipinski definition) is 5. The fourth-order valence-corrected chi connectivity index (χ4v) is 4.76. The van der Waals surface area contributed by atoms with Crippen molar-refractivity contribution in [3.8, 4) is 11.4 Å². The Morgan fingerprint density at radius 2 is 1.82 bits per heavy atom. The number of carbonyl (C=O) groups excluding carboxylic acids is 1. The molecule has 0 radical (unpaired) electrons. The second-order valence-electron chi connectivity index (χ2n) is 8.28. The summed E-state index contributed by atoms with van der Waals surface area (Å²) in [6.45, 7) is 0.492. The molecule has 1 N–H and O–H groups in total. The van der Waals surface area contributed by atoms with Gasteiger partial charge in [-0.15, -0.1) is 0 Å². The Hall–Kier alpha value is -3.56. The van der Waals surface area contributed by atoms with E-state index in [0.717, 1.165) is 25.1 Å². The summed E-state index contributed by atoms with van der Waals surface area (Å²) in [5.74, 6) is -0.323. The van der Waals surface area contributed by atoms with Crippen molar-refractivity contribution in [1.29, 1.82) is 0 Å². The van der Waals surface area contributed by atoms with Gasteiger partial charge in [0.15, 0.2) is 5.82 Å². The van der Waals surface area contributed by atoms with E-state index in [-0.39, 0.29) is 29.4 Å². The highest BCUT2D eigenvalue weighted by atomic mass is 19.4. The molecule has 6 nitrogen and oxygen atoms in total. The summed E-state index contributed by atoms with van der Waals surface area (Å²) in [7, 11) is 0. The van der Waals surface area contributed by atoms with Crippen molar-refractivity contribution in [2.75, 3.05) is 11.9 Å². The second kappa shape index (κ2) is 8.09. The van der Waals surface area contributed by atoms with Gasteiger partial charge < -0.3 is 10.2 Å². The highest BCUT2D eigenvalue weighted by Crippen LogP contribution is 2.41. The molecule has 1 aromatic carbocycles. The molecule has 2 bridgehead atoms. The van der Waals surface area contributed by atoms with Crippen LogP contribution in [0.4, 0.5) is 23.4 Å². The quantitative estimate of drug-likeness (QED) is 0.588. The number of fused-ring (bicyclic) bond motifs is 2. The topological polar surface area (TPSA) is 71.0 Å². The third kappa shape index (κ3) is 4.01. The third-order valence-corrected chi connectivity index (χ3v) is 6.20. The van der Waals surface area contributed by atoms with Gasteiger partial charge in [-0.25, -0.2) is 19.3 Å². The number of amides is 1. The number of alkyl halides is 3. The number of piperidine rings is 1. The van der Waals surface area contributed by atoms with Crippen molar-refractivity contribution < 1.29 is 22.4 Å². The lowest BCUT2D eigenvalue weighted by molar-refractivity contribution is -0.137. The van der Waals surface area contributed by atoms with Crippen molar-refractivity contribution in [1.82, 2.24) is 19.9 Å². The molecule has 1 saturated carbocycles. The van der Waals surface area contributed by atoms with E-state index < -0.39 is 23.5 Å². The lowest BCUT2D eigenvalue weighted by Gasteiger charge is -2.34. The number of benzene rings is 1. The van der Waals surface area contributed by atoms with Crippen LogP contribution in [0.15, 0.2) is 55.0 Å². The highest BCUT2D eigenvalue weighted by Gasteiger charge is 2.48. The molecule has 10 heteroatoms. The number of aromatic nitrogens is 3. The van der Waals surface area contributed by atoms with Crippen LogP contribution in [-0.4, -0.2) is 44.4 Å². The predicted octanol–water partition coefficient (Wildman–Crippen LogP) is 4.41. The van der Waals surface area contributed by atoms with E-state index in [1.54, 1.807) is 17.0 Å². The average Bonchev–Trinajstić information content (AvgIpc) is 3.39. The molecule has 0 spiro atoms. The Bertz CT molecular complexity index is 1170. The first-order valence-corrected chi connectivity index (χ1v) is 10.5. The number of carbonyl (C=O) groups is 1. The molecule has 170 valence electrons. The molecule has 1 saturated heterocycles. The van der Waals surface area contributed by atoms with Crippen LogP contribution in [0, 0.1) is 11.7 Å². The minimum absolute atomic E-state index is 0.0809. The summed E-state index contributed by atoms with van der Waals surface area (Å²) in [6.07, 6.45) is 0.858. The molecule has 3 aromatic rings. The van der Waals surface area contributed by atoms with E-state index in [2.05, 4.69) is 20.3 Å². The van der Waals surface area contributed by atoms with E-state index in [9.17, 15) is 22.4 Å². The van der Waals surface area contributed by atoms with Crippen LogP contribution in [0.1, 0.15) is 28.8 Å². The monoisotopic (exact) mass is 457 g/mol. The maximum Gasteiger partial charge on any atom is 0.417 e. The second-order valence-corrected chi connectivity index (χ2v) is 8.28. The van der Waals surface area contributed by atoms with Gasteiger partial charge in [-0.2, -0.15) is 13.2 Å². The third-order valence-electron chi connectivity index (χ3n) is 6.20. The van der Waals surface area contributed by atoms with Crippen LogP contribution < -0.4 is 5.32 Å². The number of pyridine rings is 1. The van der Waals surface area contributed by atoms with Crippen LogP contribution >= 0.6 is 0 Å². The summed E-state index contributed by atoms with van der Waals surface area (Å²) in [4.78, 5) is 27.3. The van der Waals surface area contributed by atoms with Crippen LogP contribution in [0.5, 0.6) is 0 Å². The number of anilines is 1. The van der Waals surface area contributed by atoms with Gasteiger partial charge in [-0.1, -0.05) is 12.1 Å².